The Labute approximate surface area is 140 Å². The van der Waals surface area contributed by atoms with Crippen molar-refractivity contribution in [3.8, 4) is 0 Å². The van der Waals surface area contributed by atoms with Crippen LogP contribution in [-0.2, 0) is 0 Å². The zero-order valence-electron chi connectivity index (χ0n) is 13.1. The monoisotopic (exact) mass is 325 g/mol. The molecule has 5 heteroatoms. The van der Waals surface area contributed by atoms with Crippen LogP contribution in [0.2, 0.25) is 0 Å². The van der Waals surface area contributed by atoms with Crippen LogP contribution in [0.3, 0.4) is 0 Å². The van der Waals surface area contributed by atoms with Gasteiger partial charge in [-0.3, -0.25) is 9.89 Å². The summed E-state index contributed by atoms with van der Waals surface area (Å²) in [6, 6.07) is 19.3. The quantitative estimate of drug-likeness (QED) is 0.828. The van der Waals surface area contributed by atoms with Crippen molar-refractivity contribution in [1.29, 1.82) is 0 Å². The highest BCUT2D eigenvalue weighted by Gasteiger charge is 2.26. The minimum Gasteiger partial charge on any atom is -0.297 e. The fourth-order valence-electron chi connectivity index (χ4n) is 2.38. The SMILES string of the molecule is CN(C(=O)N(C1=NCCCS1)c1ccccc1)c1ccccc1. The van der Waals surface area contributed by atoms with E-state index in [9.17, 15) is 4.79 Å². The van der Waals surface area contributed by atoms with E-state index < -0.39 is 0 Å². The molecule has 0 aromatic heterocycles. The van der Waals surface area contributed by atoms with E-state index in [0.717, 1.165) is 35.3 Å². The first-order chi connectivity index (χ1) is 11.3. The van der Waals surface area contributed by atoms with Crippen LogP contribution in [0.15, 0.2) is 65.7 Å². The van der Waals surface area contributed by atoms with Gasteiger partial charge in [-0.15, -0.1) is 0 Å². The zero-order valence-corrected chi connectivity index (χ0v) is 13.9. The summed E-state index contributed by atoms with van der Waals surface area (Å²) in [5, 5.41) is 0.773. The molecular formula is C18H19N3OS. The van der Waals surface area contributed by atoms with E-state index in [0.29, 0.717) is 0 Å². The van der Waals surface area contributed by atoms with Crippen LogP contribution < -0.4 is 9.80 Å². The van der Waals surface area contributed by atoms with Crippen LogP contribution in [-0.4, -0.2) is 30.5 Å². The molecule has 3 rings (SSSR count). The maximum Gasteiger partial charge on any atom is 0.334 e. The van der Waals surface area contributed by atoms with E-state index in [1.807, 2.05) is 60.7 Å². The van der Waals surface area contributed by atoms with Crippen molar-refractivity contribution in [2.45, 2.75) is 6.42 Å². The Morgan fingerprint density at radius 3 is 2.17 bits per heavy atom. The summed E-state index contributed by atoms with van der Waals surface area (Å²) in [7, 11) is 1.79. The van der Waals surface area contributed by atoms with Gasteiger partial charge >= 0.3 is 6.03 Å². The van der Waals surface area contributed by atoms with Crippen molar-refractivity contribution < 1.29 is 4.79 Å². The molecule has 118 valence electrons. The fraction of sp³-hybridized carbons (Fsp3) is 0.222. The van der Waals surface area contributed by atoms with Crippen LogP contribution in [0.1, 0.15) is 6.42 Å². The van der Waals surface area contributed by atoms with E-state index in [4.69, 9.17) is 0 Å². The molecule has 2 aromatic carbocycles. The lowest BCUT2D eigenvalue weighted by atomic mass is 10.3. The minimum absolute atomic E-state index is 0.101. The van der Waals surface area contributed by atoms with Crippen LogP contribution in [0.25, 0.3) is 0 Å². The Bertz CT molecular complexity index is 688. The van der Waals surface area contributed by atoms with Crippen molar-refractivity contribution >= 4 is 34.3 Å². The predicted molar refractivity (Wildman–Crippen MR) is 98.5 cm³/mol. The number of urea groups is 1. The van der Waals surface area contributed by atoms with Crippen molar-refractivity contribution in [3.63, 3.8) is 0 Å². The lowest BCUT2D eigenvalue weighted by Gasteiger charge is -2.30. The maximum absolute atomic E-state index is 13.1. The average Bonchev–Trinajstić information content (AvgIpc) is 2.64. The largest absolute Gasteiger partial charge is 0.334 e. The number of carbonyl (C=O) groups is 1. The highest BCUT2D eigenvalue weighted by Crippen LogP contribution is 2.25. The number of amides is 2. The molecule has 1 heterocycles. The third-order valence-electron chi connectivity index (χ3n) is 3.61. The van der Waals surface area contributed by atoms with Crippen molar-refractivity contribution in [2.24, 2.45) is 4.99 Å². The van der Waals surface area contributed by atoms with Gasteiger partial charge in [0.2, 0.25) is 0 Å². The number of thioether (sulfide) groups is 1. The number of anilines is 2. The van der Waals surface area contributed by atoms with Crippen LogP contribution in [0.5, 0.6) is 0 Å². The number of amidine groups is 1. The third kappa shape index (κ3) is 3.56. The molecule has 0 bridgehead atoms. The fourth-order valence-corrected chi connectivity index (χ4v) is 3.33. The highest BCUT2D eigenvalue weighted by molar-refractivity contribution is 8.14. The number of benzene rings is 2. The Kier molecular flexibility index (Phi) is 4.98. The van der Waals surface area contributed by atoms with E-state index >= 15 is 0 Å². The number of nitrogens with zero attached hydrogens (tertiary/aromatic N) is 3. The summed E-state index contributed by atoms with van der Waals surface area (Å²) >= 11 is 1.64. The molecule has 0 atom stereocenters. The molecule has 4 nitrogen and oxygen atoms in total. The molecular weight excluding hydrogens is 306 g/mol. The average molecular weight is 325 g/mol. The molecule has 2 amide bonds. The summed E-state index contributed by atoms with van der Waals surface area (Å²) in [6.45, 7) is 0.772. The number of para-hydroxylation sites is 2. The van der Waals surface area contributed by atoms with Gasteiger partial charge in [-0.1, -0.05) is 48.2 Å². The summed E-state index contributed by atoms with van der Waals surface area (Å²) in [4.78, 5) is 21.0. The van der Waals surface area contributed by atoms with Gasteiger partial charge in [0.05, 0.1) is 5.69 Å². The van der Waals surface area contributed by atoms with Crippen LogP contribution >= 0.6 is 11.8 Å². The molecule has 23 heavy (non-hydrogen) atoms. The Morgan fingerprint density at radius 1 is 1.00 bits per heavy atom. The first kappa shape index (κ1) is 15.6. The van der Waals surface area contributed by atoms with Gasteiger partial charge in [0.25, 0.3) is 0 Å². The maximum atomic E-state index is 13.1. The Balaban J connectivity index is 1.95. The van der Waals surface area contributed by atoms with Gasteiger partial charge in [0.15, 0.2) is 5.17 Å². The molecule has 0 saturated carbocycles. The van der Waals surface area contributed by atoms with E-state index in [1.54, 1.807) is 28.6 Å². The number of hydrogen-bond donors (Lipinski definition) is 0. The first-order valence-electron chi connectivity index (χ1n) is 7.62. The second kappa shape index (κ2) is 7.33. The third-order valence-corrected chi connectivity index (χ3v) is 4.67. The zero-order chi connectivity index (χ0) is 16.1. The van der Waals surface area contributed by atoms with E-state index in [1.165, 1.54) is 0 Å². The van der Waals surface area contributed by atoms with Gasteiger partial charge in [-0.25, -0.2) is 9.69 Å². The number of hydrogen-bond acceptors (Lipinski definition) is 3. The summed E-state index contributed by atoms with van der Waals surface area (Å²) in [6.07, 6.45) is 1.06. The molecule has 0 aliphatic carbocycles. The molecule has 0 unspecified atom stereocenters. The van der Waals surface area contributed by atoms with Gasteiger partial charge in [0, 0.05) is 25.0 Å². The second-order valence-corrected chi connectivity index (χ2v) is 6.28. The molecule has 0 spiro atoms. The molecule has 1 aliphatic heterocycles. The van der Waals surface area contributed by atoms with Crippen LogP contribution in [0.4, 0.5) is 16.2 Å². The van der Waals surface area contributed by atoms with Crippen molar-refractivity contribution in [2.75, 3.05) is 29.1 Å². The van der Waals surface area contributed by atoms with Crippen molar-refractivity contribution in [1.82, 2.24) is 0 Å². The van der Waals surface area contributed by atoms with Gasteiger partial charge in [-0.2, -0.15) is 0 Å². The van der Waals surface area contributed by atoms with Crippen molar-refractivity contribution in [3.05, 3.63) is 60.7 Å². The standard InChI is InChI=1S/C18H19N3OS/c1-20(15-9-4-2-5-10-15)18(22)21(16-11-6-3-7-12-16)17-19-13-8-14-23-17/h2-7,9-12H,8,13-14H2,1H3. The molecule has 2 aromatic rings. The molecule has 0 fully saturated rings. The van der Waals surface area contributed by atoms with Gasteiger partial charge in [0.1, 0.15) is 0 Å². The summed E-state index contributed by atoms with van der Waals surface area (Å²) in [5.41, 5.74) is 1.70. The normalized spacial score (nSPS) is 14.0. The Morgan fingerprint density at radius 2 is 1.61 bits per heavy atom. The molecule has 1 aliphatic rings. The lowest BCUT2D eigenvalue weighted by Crippen LogP contribution is -2.44. The van der Waals surface area contributed by atoms with E-state index in [2.05, 4.69) is 4.99 Å². The highest BCUT2D eigenvalue weighted by atomic mass is 32.2. The summed E-state index contributed by atoms with van der Waals surface area (Å²) < 4.78 is 0. The predicted octanol–water partition coefficient (Wildman–Crippen LogP) is 4.24. The second-order valence-electron chi connectivity index (χ2n) is 5.21. The lowest BCUT2D eigenvalue weighted by molar-refractivity contribution is 0.255. The number of aliphatic imine (C=N–C) groups is 1. The number of rotatable bonds is 2. The molecule has 0 saturated heterocycles. The topological polar surface area (TPSA) is 35.9 Å². The smallest absolute Gasteiger partial charge is 0.297 e. The molecule has 0 N–H and O–H groups in total. The number of carbonyl (C=O) groups excluding carboxylic acids is 1. The van der Waals surface area contributed by atoms with Gasteiger partial charge in [-0.05, 0) is 30.7 Å². The van der Waals surface area contributed by atoms with Gasteiger partial charge < -0.3 is 0 Å². The minimum atomic E-state index is -0.101. The first-order valence-corrected chi connectivity index (χ1v) is 8.61. The van der Waals surface area contributed by atoms with Crippen LogP contribution in [0, 0.1) is 0 Å². The van der Waals surface area contributed by atoms with E-state index in [-0.39, 0.29) is 6.03 Å². The summed E-state index contributed by atoms with van der Waals surface area (Å²) in [5.74, 6) is 0.991. The molecule has 0 radical (unpaired) electrons. The Hall–Kier alpha value is -2.27.